The monoisotopic (exact) mass is 495 g/mol. The van der Waals surface area contributed by atoms with Crippen LogP contribution in [0.15, 0.2) is 0 Å². The van der Waals surface area contributed by atoms with Crippen molar-refractivity contribution in [3.63, 3.8) is 0 Å². The summed E-state index contributed by atoms with van der Waals surface area (Å²) in [6.45, 7) is 16.3. The largest absolute Gasteiger partial charge is 0.466 e. The van der Waals surface area contributed by atoms with Crippen molar-refractivity contribution in [1.82, 2.24) is 14.7 Å². The highest BCUT2D eigenvalue weighted by molar-refractivity contribution is 5.83. The number of likely N-dealkylation sites (tertiary alicyclic amines) is 2. The predicted molar refractivity (Wildman–Crippen MR) is 132 cm³/mol. The summed E-state index contributed by atoms with van der Waals surface area (Å²) >= 11 is 0. The molecule has 0 radical (unpaired) electrons. The molecule has 0 aromatic carbocycles. The van der Waals surface area contributed by atoms with Gasteiger partial charge in [0, 0.05) is 18.6 Å². The highest BCUT2D eigenvalue weighted by Crippen LogP contribution is 2.37. The van der Waals surface area contributed by atoms with E-state index in [-0.39, 0.29) is 42.7 Å². The van der Waals surface area contributed by atoms with Crippen molar-refractivity contribution < 1.29 is 28.6 Å². The van der Waals surface area contributed by atoms with Gasteiger partial charge in [0.25, 0.3) is 0 Å². The van der Waals surface area contributed by atoms with Crippen LogP contribution in [0.3, 0.4) is 0 Å². The summed E-state index contributed by atoms with van der Waals surface area (Å²) in [4.78, 5) is 44.1. The Balaban J connectivity index is 1.47. The molecule has 0 aliphatic carbocycles. The highest BCUT2D eigenvalue weighted by Gasteiger charge is 2.45. The number of hydrogen-bond donors (Lipinski definition) is 0. The van der Waals surface area contributed by atoms with E-state index >= 15 is 0 Å². The average molecular weight is 496 g/mol. The van der Waals surface area contributed by atoms with E-state index in [1.165, 1.54) is 0 Å². The number of esters is 2. The van der Waals surface area contributed by atoms with Crippen LogP contribution in [-0.2, 0) is 23.8 Å². The third kappa shape index (κ3) is 7.32. The molecule has 0 N–H and O–H groups in total. The quantitative estimate of drug-likeness (QED) is 0.356. The van der Waals surface area contributed by atoms with Gasteiger partial charge in [-0.3, -0.25) is 19.4 Å². The Labute approximate surface area is 210 Å². The number of piperidine rings is 2. The molecule has 1 atom stereocenters. The maximum absolute atomic E-state index is 12.7. The lowest BCUT2D eigenvalue weighted by Crippen LogP contribution is -2.48. The Hall–Kier alpha value is -1.87. The first kappa shape index (κ1) is 27.7. The van der Waals surface area contributed by atoms with Crippen LogP contribution in [0.1, 0.15) is 66.7 Å². The Morgan fingerprint density at radius 3 is 2.20 bits per heavy atom. The number of carbonyl (C=O) groups is 3. The number of hydrogen-bond acceptors (Lipinski definition) is 8. The van der Waals surface area contributed by atoms with Gasteiger partial charge >= 0.3 is 18.0 Å². The van der Waals surface area contributed by atoms with Gasteiger partial charge in [-0.2, -0.15) is 0 Å². The summed E-state index contributed by atoms with van der Waals surface area (Å²) in [6.07, 6.45) is 2.93. The van der Waals surface area contributed by atoms with E-state index in [4.69, 9.17) is 14.2 Å². The number of ether oxygens (including phenoxy) is 3. The second kappa shape index (κ2) is 11.9. The first-order valence-corrected chi connectivity index (χ1v) is 13.3. The summed E-state index contributed by atoms with van der Waals surface area (Å²) in [7, 11) is 0. The van der Waals surface area contributed by atoms with E-state index in [1.54, 1.807) is 13.8 Å². The lowest BCUT2D eigenvalue weighted by molar-refractivity contribution is -0.165. The molecule has 3 aliphatic heterocycles. The van der Waals surface area contributed by atoms with Crippen molar-refractivity contribution in [3.8, 4) is 0 Å². The normalized spacial score (nSPS) is 24.3. The van der Waals surface area contributed by atoms with E-state index in [9.17, 15) is 14.4 Å². The fourth-order valence-corrected chi connectivity index (χ4v) is 5.59. The molecule has 3 rings (SSSR count). The molecular weight excluding hydrogens is 450 g/mol. The van der Waals surface area contributed by atoms with Crippen LogP contribution in [0.25, 0.3) is 0 Å². The molecule has 35 heavy (non-hydrogen) atoms. The molecule has 1 unspecified atom stereocenters. The van der Waals surface area contributed by atoms with Gasteiger partial charge in [-0.05, 0) is 92.4 Å². The maximum Gasteiger partial charge on any atom is 0.410 e. The zero-order chi connectivity index (χ0) is 25.6. The minimum absolute atomic E-state index is 0.0493. The van der Waals surface area contributed by atoms with Gasteiger partial charge in [-0.15, -0.1) is 0 Å². The summed E-state index contributed by atoms with van der Waals surface area (Å²) in [5, 5.41) is 0. The van der Waals surface area contributed by atoms with Gasteiger partial charge in [0.1, 0.15) is 6.10 Å². The Bertz CT molecular complexity index is 736. The Morgan fingerprint density at radius 1 is 1.00 bits per heavy atom. The molecule has 0 aromatic rings. The lowest BCUT2D eigenvalue weighted by atomic mass is 9.75. The zero-order valence-electron chi connectivity index (χ0n) is 22.3. The molecule has 0 bridgehead atoms. The second-order valence-electron chi connectivity index (χ2n) is 11.3. The fraction of sp³-hybridized carbons (Fsp3) is 0.885. The number of amides is 1. The van der Waals surface area contributed by atoms with Crippen molar-refractivity contribution in [3.05, 3.63) is 0 Å². The highest BCUT2D eigenvalue weighted by atomic mass is 16.6. The van der Waals surface area contributed by atoms with Crippen LogP contribution < -0.4 is 0 Å². The van der Waals surface area contributed by atoms with Crippen molar-refractivity contribution in [2.24, 2.45) is 11.3 Å². The number of carbonyl (C=O) groups excluding carboxylic acids is 3. The van der Waals surface area contributed by atoms with E-state index in [0.29, 0.717) is 51.5 Å². The molecule has 3 aliphatic rings. The van der Waals surface area contributed by atoms with Crippen LogP contribution in [0.4, 0.5) is 4.79 Å². The number of rotatable bonds is 9. The summed E-state index contributed by atoms with van der Waals surface area (Å²) in [6, 6.07) is 0. The third-order valence-electron chi connectivity index (χ3n) is 7.76. The molecule has 3 fully saturated rings. The first-order chi connectivity index (χ1) is 16.6. The zero-order valence-corrected chi connectivity index (χ0v) is 22.3. The average Bonchev–Trinajstić information content (AvgIpc) is 3.13. The number of cyclic esters (lactones) is 1. The van der Waals surface area contributed by atoms with Crippen LogP contribution in [-0.4, -0.2) is 103 Å². The van der Waals surface area contributed by atoms with Gasteiger partial charge < -0.3 is 19.1 Å². The number of nitrogens with zero attached hydrogens (tertiary/aromatic N) is 3. The van der Waals surface area contributed by atoms with E-state index in [1.807, 2.05) is 4.90 Å². The van der Waals surface area contributed by atoms with Crippen LogP contribution in [0.5, 0.6) is 0 Å². The minimum Gasteiger partial charge on any atom is -0.466 e. The topological polar surface area (TPSA) is 88.6 Å². The molecule has 1 amide bonds. The standard InChI is InChI=1S/C26H45N3O6/c1-6-33-22(30)16-26(23(31)34-7-2)10-14-27(15-11-26)18-21-19-28(24(32)35-21)17-20-8-12-29(13-9-20)25(3,4)5/h20-21H,6-19H2,1-5H3. The lowest BCUT2D eigenvalue weighted by Gasteiger charge is -2.41. The first-order valence-electron chi connectivity index (χ1n) is 13.3. The smallest absolute Gasteiger partial charge is 0.410 e. The van der Waals surface area contributed by atoms with E-state index < -0.39 is 5.41 Å². The van der Waals surface area contributed by atoms with Crippen LogP contribution in [0, 0.1) is 11.3 Å². The van der Waals surface area contributed by atoms with Crippen molar-refractivity contribution in [2.75, 3.05) is 59.0 Å². The van der Waals surface area contributed by atoms with Gasteiger partial charge in [0.15, 0.2) is 0 Å². The van der Waals surface area contributed by atoms with Crippen LogP contribution >= 0.6 is 0 Å². The predicted octanol–water partition coefficient (Wildman–Crippen LogP) is 2.92. The molecule has 3 saturated heterocycles. The Kier molecular flexibility index (Phi) is 9.43. The molecule has 9 nitrogen and oxygen atoms in total. The summed E-state index contributed by atoms with van der Waals surface area (Å²) in [5.41, 5.74) is -0.642. The molecule has 0 spiro atoms. The van der Waals surface area contributed by atoms with Crippen molar-refractivity contribution >= 4 is 18.0 Å². The van der Waals surface area contributed by atoms with Crippen molar-refractivity contribution in [1.29, 1.82) is 0 Å². The minimum atomic E-state index is -0.834. The molecule has 0 saturated carbocycles. The molecule has 200 valence electrons. The van der Waals surface area contributed by atoms with Gasteiger partial charge in [-0.1, -0.05) is 0 Å². The molecule has 0 aromatic heterocycles. The molecule has 9 heteroatoms. The molecule has 3 heterocycles. The fourth-order valence-electron chi connectivity index (χ4n) is 5.59. The van der Waals surface area contributed by atoms with E-state index in [0.717, 1.165) is 32.5 Å². The van der Waals surface area contributed by atoms with Gasteiger partial charge in [0.2, 0.25) is 0 Å². The van der Waals surface area contributed by atoms with Crippen molar-refractivity contribution in [2.45, 2.75) is 78.4 Å². The third-order valence-corrected chi connectivity index (χ3v) is 7.76. The SMILES string of the molecule is CCOC(=O)CC1(C(=O)OCC)CCN(CC2CN(CC3CCN(C(C)(C)C)CC3)C(=O)O2)CC1. The van der Waals surface area contributed by atoms with Gasteiger partial charge in [0.05, 0.1) is 31.6 Å². The summed E-state index contributed by atoms with van der Waals surface area (Å²) in [5.74, 6) is -0.158. The second-order valence-corrected chi connectivity index (χ2v) is 11.3. The molecular formula is C26H45N3O6. The van der Waals surface area contributed by atoms with Gasteiger partial charge in [-0.25, -0.2) is 4.79 Å². The summed E-state index contributed by atoms with van der Waals surface area (Å²) < 4.78 is 16.1. The van der Waals surface area contributed by atoms with Crippen LogP contribution in [0.2, 0.25) is 0 Å². The maximum atomic E-state index is 12.7. The Morgan fingerprint density at radius 2 is 1.63 bits per heavy atom. The van der Waals surface area contributed by atoms with E-state index in [2.05, 4.69) is 30.6 Å².